The standard InChI is InChI=1S/C22H24F3N3O5S/c1-21(2,3)33-20(31)27-15-11-34-17-14(18(29)26-4)10-28(19(30)16(15)17)9-12-5-7-13(8-6-12)32-22(23,24)25/h5-8,10,15H,9,11H2,1-4H3,(H,26,29)(H,27,31)/t15-/m0/s1. The van der Waals surface area contributed by atoms with E-state index in [9.17, 15) is 27.6 Å². The number of alkyl halides is 3. The second kappa shape index (κ2) is 9.61. The Hall–Kier alpha value is -3.15. The molecule has 2 heterocycles. The number of amides is 2. The minimum absolute atomic E-state index is 0.00771. The number of fused-ring (bicyclic) bond motifs is 1. The van der Waals surface area contributed by atoms with Gasteiger partial charge in [0.25, 0.3) is 11.5 Å². The summed E-state index contributed by atoms with van der Waals surface area (Å²) in [6.07, 6.45) is -4.10. The topological polar surface area (TPSA) is 98.7 Å². The molecule has 3 rings (SSSR count). The molecule has 2 amide bonds. The summed E-state index contributed by atoms with van der Waals surface area (Å²) >= 11 is 1.28. The third-order valence-corrected chi connectivity index (χ3v) is 5.91. The van der Waals surface area contributed by atoms with Gasteiger partial charge in [-0.25, -0.2) is 4.79 Å². The van der Waals surface area contributed by atoms with Crippen molar-refractivity contribution in [3.63, 3.8) is 0 Å². The number of pyridine rings is 1. The van der Waals surface area contributed by atoms with Crippen LogP contribution in [0.4, 0.5) is 18.0 Å². The Kier molecular flexibility index (Phi) is 7.20. The van der Waals surface area contributed by atoms with Crippen LogP contribution in [0.5, 0.6) is 5.75 Å². The van der Waals surface area contributed by atoms with E-state index < -0.39 is 35.6 Å². The van der Waals surface area contributed by atoms with Crippen molar-refractivity contribution >= 4 is 23.8 Å². The van der Waals surface area contributed by atoms with Gasteiger partial charge in [0.1, 0.15) is 11.4 Å². The largest absolute Gasteiger partial charge is 0.573 e. The van der Waals surface area contributed by atoms with Crippen LogP contribution in [0, 0.1) is 0 Å². The molecule has 0 bridgehead atoms. The Labute approximate surface area is 197 Å². The summed E-state index contributed by atoms with van der Waals surface area (Å²) in [5.74, 6) is -0.465. The van der Waals surface area contributed by atoms with Crippen molar-refractivity contribution in [3.8, 4) is 5.75 Å². The molecule has 0 spiro atoms. The molecule has 184 valence electrons. The first-order chi connectivity index (χ1) is 15.8. The predicted octanol–water partition coefficient (Wildman–Crippen LogP) is 3.83. The van der Waals surface area contributed by atoms with Gasteiger partial charge in [0.05, 0.1) is 23.7 Å². The highest BCUT2D eigenvalue weighted by Gasteiger charge is 2.34. The highest BCUT2D eigenvalue weighted by atomic mass is 32.2. The van der Waals surface area contributed by atoms with Crippen LogP contribution in [0.2, 0.25) is 0 Å². The van der Waals surface area contributed by atoms with Crippen molar-refractivity contribution in [3.05, 3.63) is 57.5 Å². The molecule has 1 atom stereocenters. The molecule has 0 unspecified atom stereocenters. The van der Waals surface area contributed by atoms with Crippen LogP contribution < -0.4 is 20.9 Å². The van der Waals surface area contributed by atoms with Gasteiger partial charge in [-0.3, -0.25) is 9.59 Å². The molecule has 0 saturated heterocycles. The summed E-state index contributed by atoms with van der Waals surface area (Å²) in [5.41, 5.74) is -0.127. The van der Waals surface area contributed by atoms with E-state index in [4.69, 9.17) is 4.74 Å². The molecule has 8 nitrogen and oxygen atoms in total. The number of benzene rings is 1. The van der Waals surface area contributed by atoms with E-state index in [1.165, 1.54) is 41.7 Å². The Morgan fingerprint density at radius 3 is 2.38 bits per heavy atom. The fourth-order valence-electron chi connectivity index (χ4n) is 3.35. The van der Waals surface area contributed by atoms with Crippen LogP contribution in [-0.2, 0) is 11.3 Å². The summed E-state index contributed by atoms with van der Waals surface area (Å²) in [6, 6.07) is 4.39. The lowest BCUT2D eigenvalue weighted by molar-refractivity contribution is -0.274. The number of halogens is 3. The van der Waals surface area contributed by atoms with E-state index in [2.05, 4.69) is 15.4 Å². The van der Waals surface area contributed by atoms with E-state index in [-0.39, 0.29) is 23.4 Å². The van der Waals surface area contributed by atoms with Crippen LogP contribution in [0.1, 0.15) is 48.3 Å². The molecule has 2 N–H and O–H groups in total. The van der Waals surface area contributed by atoms with Gasteiger partial charge in [0.15, 0.2) is 0 Å². The number of ether oxygens (including phenoxy) is 2. The number of hydrogen-bond donors (Lipinski definition) is 2. The maximum absolute atomic E-state index is 13.3. The van der Waals surface area contributed by atoms with Crippen LogP contribution >= 0.6 is 11.8 Å². The van der Waals surface area contributed by atoms with Gasteiger partial charge >= 0.3 is 12.5 Å². The van der Waals surface area contributed by atoms with E-state index in [0.717, 1.165) is 12.1 Å². The van der Waals surface area contributed by atoms with Crippen LogP contribution in [0.25, 0.3) is 0 Å². The summed E-state index contributed by atoms with van der Waals surface area (Å²) in [6.45, 7) is 5.13. The van der Waals surface area contributed by atoms with Crippen LogP contribution in [0.3, 0.4) is 0 Å². The summed E-state index contributed by atoms with van der Waals surface area (Å²) in [5, 5.41) is 5.22. The zero-order valence-electron chi connectivity index (χ0n) is 18.9. The smallest absolute Gasteiger partial charge is 0.444 e. The second-order valence-corrected chi connectivity index (χ2v) is 9.53. The molecule has 0 aliphatic carbocycles. The van der Waals surface area contributed by atoms with Gasteiger partial charge in [-0.15, -0.1) is 24.9 Å². The van der Waals surface area contributed by atoms with Gasteiger partial charge < -0.3 is 24.7 Å². The lowest BCUT2D eigenvalue weighted by atomic mass is 10.1. The molecule has 1 aliphatic heterocycles. The SMILES string of the molecule is CNC(=O)c1cn(Cc2ccc(OC(F)(F)F)cc2)c(=O)c2c1SC[C@@H]2NC(=O)OC(C)(C)C. The van der Waals surface area contributed by atoms with Crippen LogP contribution in [-0.4, -0.2) is 41.3 Å². The quantitative estimate of drug-likeness (QED) is 0.649. The summed E-state index contributed by atoms with van der Waals surface area (Å²) in [4.78, 5) is 38.6. The number of thioether (sulfide) groups is 1. The van der Waals surface area contributed by atoms with Crippen molar-refractivity contribution < 1.29 is 32.2 Å². The number of alkyl carbamates (subject to hydrolysis) is 1. The number of carbonyl (C=O) groups excluding carboxylic acids is 2. The third-order valence-electron chi connectivity index (χ3n) is 4.68. The molecule has 1 aliphatic rings. The third kappa shape index (κ3) is 6.25. The van der Waals surface area contributed by atoms with Gasteiger partial charge in [0, 0.05) is 23.9 Å². The number of nitrogens with one attached hydrogen (secondary N) is 2. The molecular formula is C22H24F3N3O5S. The monoisotopic (exact) mass is 499 g/mol. The van der Waals surface area contributed by atoms with Crippen molar-refractivity contribution in [1.29, 1.82) is 0 Å². The molecule has 34 heavy (non-hydrogen) atoms. The van der Waals surface area contributed by atoms with Crippen molar-refractivity contribution in [2.24, 2.45) is 0 Å². The Balaban J connectivity index is 1.94. The lowest BCUT2D eigenvalue weighted by Crippen LogP contribution is -2.38. The Bertz CT molecular complexity index is 1140. The Morgan fingerprint density at radius 2 is 1.82 bits per heavy atom. The van der Waals surface area contributed by atoms with E-state index in [1.54, 1.807) is 20.8 Å². The van der Waals surface area contributed by atoms with Gasteiger partial charge in [-0.2, -0.15) is 0 Å². The molecule has 1 aromatic heterocycles. The van der Waals surface area contributed by atoms with E-state index in [0.29, 0.717) is 16.2 Å². The normalized spacial score (nSPS) is 15.4. The number of carbonyl (C=O) groups is 2. The maximum Gasteiger partial charge on any atom is 0.573 e. The number of hydrogen-bond acceptors (Lipinski definition) is 6. The van der Waals surface area contributed by atoms with Crippen LogP contribution in [0.15, 0.2) is 40.2 Å². The average Bonchev–Trinajstić information content (AvgIpc) is 3.12. The minimum atomic E-state index is -4.81. The highest BCUT2D eigenvalue weighted by molar-refractivity contribution is 7.99. The number of aromatic nitrogens is 1. The fourth-order valence-corrected chi connectivity index (χ4v) is 4.62. The maximum atomic E-state index is 13.3. The molecule has 0 fully saturated rings. The first kappa shape index (κ1) is 25.5. The first-order valence-electron chi connectivity index (χ1n) is 10.2. The molecule has 0 saturated carbocycles. The fraction of sp³-hybridized carbons (Fsp3) is 0.409. The van der Waals surface area contributed by atoms with Gasteiger partial charge in [-0.1, -0.05) is 12.1 Å². The summed E-state index contributed by atoms with van der Waals surface area (Å²) in [7, 11) is 1.46. The first-order valence-corrected chi connectivity index (χ1v) is 11.2. The van der Waals surface area contributed by atoms with Crippen molar-refractivity contribution in [2.45, 2.75) is 50.2 Å². The minimum Gasteiger partial charge on any atom is -0.444 e. The Morgan fingerprint density at radius 1 is 1.18 bits per heavy atom. The molecule has 1 aromatic carbocycles. The molecule has 2 aromatic rings. The van der Waals surface area contributed by atoms with Gasteiger partial charge in [0.2, 0.25) is 0 Å². The molecular weight excluding hydrogens is 475 g/mol. The van der Waals surface area contributed by atoms with E-state index in [1.807, 2.05) is 0 Å². The number of rotatable bonds is 5. The van der Waals surface area contributed by atoms with Gasteiger partial charge in [-0.05, 0) is 38.5 Å². The lowest BCUT2D eigenvalue weighted by Gasteiger charge is -2.22. The van der Waals surface area contributed by atoms with Crippen molar-refractivity contribution in [1.82, 2.24) is 15.2 Å². The zero-order valence-corrected chi connectivity index (χ0v) is 19.7. The summed E-state index contributed by atoms with van der Waals surface area (Å²) < 4.78 is 47.6. The zero-order chi connectivity index (χ0) is 25.3. The second-order valence-electron chi connectivity index (χ2n) is 8.50. The average molecular weight is 500 g/mol. The molecule has 0 radical (unpaired) electrons. The van der Waals surface area contributed by atoms with E-state index >= 15 is 0 Å². The highest BCUT2D eigenvalue weighted by Crippen LogP contribution is 2.38. The molecule has 12 heteroatoms. The number of nitrogens with zero attached hydrogens (tertiary/aromatic N) is 1. The van der Waals surface area contributed by atoms with Crippen molar-refractivity contribution in [2.75, 3.05) is 12.8 Å². The predicted molar refractivity (Wildman–Crippen MR) is 119 cm³/mol.